The summed E-state index contributed by atoms with van der Waals surface area (Å²) in [7, 11) is -1.65. The number of carbonyl (C=O) groups excluding carboxylic acids is 1. The van der Waals surface area contributed by atoms with Gasteiger partial charge < -0.3 is 35.6 Å². The molecule has 42 heavy (non-hydrogen) atoms. The highest BCUT2D eigenvalue weighted by Crippen LogP contribution is 2.41. The molecule has 1 aliphatic carbocycles. The van der Waals surface area contributed by atoms with E-state index in [9.17, 15) is 37.4 Å². The first-order valence-corrected chi connectivity index (χ1v) is 14.7. The maximum atomic E-state index is 13.9. The molecule has 0 radical (unpaired) electrons. The zero-order valence-electron chi connectivity index (χ0n) is 22.6. The molecular weight excluding hydrogens is 580 g/mol. The molecular formula is C26H30F3N6O6P. The van der Waals surface area contributed by atoms with Crippen LogP contribution in [0.5, 0.6) is 5.75 Å². The van der Waals surface area contributed by atoms with E-state index in [2.05, 4.69) is 30.9 Å². The number of nitrogens with zero attached hydrogens (tertiary/aromatic N) is 3. The minimum absolute atomic E-state index is 0.00509. The fourth-order valence-corrected chi connectivity index (χ4v) is 5.31. The van der Waals surface area contributed by atoms with Crippen molar-refractivity contribution in [2.24, 2.45) is 0 Å². The number of carbonyl (C=O) groups is 1. The first kappa shape index (κ1) is 31.2. The predicted octanol–water partition coefficient (Wildman–Crippen LogP) is 4.44. The molecule has 1 aromatic carbocycles. The molecule has 3 aromatic rings. The van der Waals surface area contributed by atoms with Gasteiger partial charge in [0.1, 0.15) is 17.1 Å². The summed E-state index contributed by atoms with van der Waals surface area (Å²) >= 11 is 0. The maximum absolute atomic E-state index is 13.9. The molecule has 226 valence electrons. The second kappa shape index (κ2) is 12.6. The molecule has 1 aliphatic rings. The molecule has 0 bridgehead atoms. The van der Waals surface area contributed by atoms with Crippen molar-refractivity contribution < 1.29 is 42.2 Å². The van der Waals surface area contributed by atoms with E-state index in [1.165, 1.54) is 38.4 Å². The zero-order chi connectivity index (χ0) is 30.7. The van der Waals surface area contributed by atoms with Crippen molar-refractivity contribution in [3.05, 3.63) is 59.0 Å². The number of rotatable bonds is 9. The van der Waals surface area contributed by atoms with E-state index in [-0.39, 0.29) is 46.4 Å². The van der Waals surface area contributed by atoms with Gasteiger partial charge in [-0.2, -0.15) is 18.2 Å². The van der Waals surface area contributed by atoms with Crippen LogP contribution in [0, 0.1) is 0 Å². The summed E-state index contributed by atoms with van der Waals surface area (Å²) in [5.74, 6) is -1.36. The summed E-state index contributed by atoms with van der Waals surface area (Å²) in [5, 5.41) is 17.6. The Hall–Kier alpha value is -3.78. The second-order valence-corrected chi connectivity index (χ2v) is 11.4. The van der Waals surface area contributed by atoms with Gasteiger partial charge in [0.15, 0.2) is 5.69 Å². The van der Waals surface area contributed by atoms with Gasteiger partial charge in [-0.05, 0) is 55.5 Å². The number of anilines is 4. The van der Waals surface area contributed by atoms with Gasteiger partial charge in [-0.25, -0.2) is 9.97 Å². The third kappa shape index (κ3) is 7.73. The lowest BCUT2D eigenvalue weighted by Gasteiger charge is -2.25. The molecule has 1 saturated carbocycles. The van der Waals surface area contributed by atoms with E-state index in [1.54, 1.807) is 6.07 Å². The summed E-state index contributed by atoms with van der Waals surface area (Å²) in [5.41, 5.74) is -0.212. The lowest BCUT2D eigenvalue weighted by atomic mass is 9.85. The maximum Gasteiger partial charge on any atom is 0.421 e. The Balaban J connectivity index is 1.68. The molecule has 12 nitrogen and oxygen atoms in total. The molecule has 0 saturated heterocycles. The lowest BCUT2D eigenvalue weighted by Crippen LogP contribution is -2.23. The third-order valence-corrected chi connectivity index (χ3v) is 7.50. The van der Waals surface area contributed by atoms with Crippen LogP contribution in [0.1, 0.15) is 58.9 Å². The highest BCUT2D eigenvalue weighted by molar-refractivity contribution is 7.50. The van der Waals surface area contributed by atoms with Crippen LogP contribution in [0.2, 0.25) is 0 Å². The number of hydrogen-bond donors (Lipinski definition) is 6. The van der Waals surface area contributed by atoms with Gasteiger partial charge >= 0.3 is 13.8 Å². The van der Waals surface area contributed by atoms with Crippen molar-refractivity contribution in [3.63, 3.8) is 0 Å². The number of nitrogens with one attached hydrogen (secondary N) is 3. The van der Waals surface area contributed by atoms with Crippen LogP contribution in [-0.2, 0) is 16.9 Å². The fraction of sp³-hybridized carbons (Fsp3) is 0.385. The van der Waals surface area contributed by atoms with Crippen LogP contribution in [0.4, 0.5) is 36.3 Å². The number of methoxy groups -OCH3 is 1. The van der Waals surface area contributed by atoms with E-state index in [0.29, 0.717) is 37.6 Å². The number of hydrogen-bond acceptors (Lipinski definition) is 9. The van der Waals surface area contributed by atoms with Gasteiger partial charge in [-0.3, -0.25) is 9.36 Å². The average molecular weight is 611 g/mol. The number of pyridine rings is 1. The quantitative estimate of drug-likeness (QED) is 0.189. The minimum atomic E-state index is -4.84. The van der Waals surface area contributed by atoms with E-state index in [0.717, 1.165) is 0 Å². The Morgan fingerprint density at radius 2 is 1.76 bits per heavy atom. The van der Waals surface area contributed by atoms with Gasteiger partial charge in [0, 0.05) is 24.9 Å². The molecule has 0 spiro atoms. The Morgan fingerprint density at radius 3 is 2.38 bits per heavy atom. The molecule has 6 N–H and O–H groups in total. The minimum Gasteiger partial charge on any atom is -0.495 e. The Bertz CT molecular complexity index is 1490. The largest absolute Gasteiger partial charge is 0.495 e. The molecule has 1 amide bonds. The van der Waals surface area contributed by atoms with E-state index >= 15 is 0 Å². The number of aliphatic hydroxyl groups is 1. The highest BCUT2D eigenvalue weighted by Gasteiger charge is 2.36. The van der Waals surface area contributed by atoms with Crippen LogP contribution >= 0.6 is 7.60 Å². The smallest absolute Gasteiger partial charge is 0.421 e. The SMILES string of the molecule is CNC(=O)c1nc([C@H]2CC[C@H](O)CC2)ccc1Nc1nc(Nc2ccc(CP(=O)(O)O)cc2OC)ncc1C(F)(F)F. The van der Waals surface area contributed by atoms with Crippen molar-refractivity contribution in [3.8, 4) is 5.75 Å². The van der Waals surface area contributed by atoms with Crippen molar-refractivity contribution in [2.45, 2.75) is 50.0 Å². The van der Waals surface area contributed by atoms with E-state index in [4.69, 9.17) is 4.74 Å². The average Bonchev–Trinajstić information content (AvgIpc) is 2.92. The van der Waals surface area contributed by atoms with Crippen molar-refractivity contribution >= 4 is 36.6 Å². The second-order valence-electron chi connectivity index (χ2n) is 9.78. The van der Waals surface area contributed by atoms with Gasteiger partial charge in [0.05, 0.1) is 30.8 Å². The molecule has 16 heteroatoms. The Kier molecular flexibility index (Phi) is 9.36. The zero-order valence-corrected chi connectivity index (χ0v) is 23.5. The van der Waals surface area contributed by atoms with Crippen molar-refractivity contribution in [2.75, 3.05) is 24.8 Å². The third-order valence-electron chi connectivity index (χ3n) is 6.72. The number of alkyl halides is 3. The fourth-order valence-electron chi connectivity index (χ4n) is 4.63. The van der Waals surface area contributed by atoms with Crippen LogP contribution in [-0.4, -0.2) is 56.0 Å². The number of aromatic nitrogens is 3. The number of aliphatic hydroxyl groups excluding tert-OH is 1. The van der Waals surface area contributed by atoms with Gasteiger partial charge in [0.25, 0.3) is 5.91 Å². The van der Waals surface area contributed by atoms with Crippen LogP contribution in [0.3, 0.4) is 0 Å². The molecule has 4 rings (SSSR count). The van der Waals surface area contributed by atoms with Crippen molar-refractivity contribution in [1.29, 1.82) is 0 Å². The number of benzene rings is 1. The summed E-state index contributed by atoms with van der Waals surface area (Å²) in [6.07, 6.45) is -2.67. The van der Waals surface area contributed by atoms with Crippen LogP contribution < -0.4 is 20.7 Å². The van der Waals surface area contributed by atoms with E-state index in [1.807, 2.05) is 0 Å². The number of amides is 1. The molecule has 2 heterocycles. The standard InChI is InChI=1S/C26H30F3N6O6P/c1-30-24(37)22-20(10-9-18(32-22)15-4-6-16(36)7-5-15)33-23-17(26(27,28)29)12-31-25(35-23)34-19-8-3-14(11-21(19)41-2)13-42(38,39)40/h3,8-12,15-16,36H,4-7,13H2,1-2H3,(H,30,37)(H2,38,39,40)(H2,31,33,34,35)/t15-,16-. The Labute approximate surface area is 238 Å². The van der Waals surface area contributed by atoms with Gasteiger partial charge in [-0.1, -0.05) is 6.07 Å². The van der Waals surface area contributed by atoms with Gasteiger partial charge in [-0.15, -0.1) is 0 Å². The molecule has 2 aromatic heterocycles. The number of ether oxygens (including phenoxy) is 1. The molecule has 1 fully saturated rings. The monoisotopic (exact) mass is 610 g/mol. The first-order chi connectivity index (χ1) is 19.8. The predicted molar refractivity (Wildman–Crippen MR) is 147 cm³/mol. The summed E-state index contributed by atoms with van der Waals surface area (Å²) in [6.45, 7) is 0. The van der Waals surface area contributed by atoms with Gasteiger partial charge in [0.2, 0.25) is 5.95 Å². The van der Waals surface area contributed by atoms with E-state index < -0.39 is 37.2 Å². The summed E-state index contributed by atoms with van der Waals surface area (Å²) in [4.78, 5) is 43.4. The number of halogens is 3. The molecule has 0 aliphatic heterocycles. The summed E-state index contributed by atoms with van der Waals surface area (Å²) < 4.78 is 58.4. The van der Waals surface area contributed by atoms with Crippen molar-refractivity contribution in [1.82, 2.24) is 20.3 Å². The highest BCUT2D eigenvalue weighted by atomic mass is 31.2. The normalized spacial score (nSPS) is 17.4. The lowest BCUT2D eigenvalue weighted by molar-refractivity contribution is -0.137. The molecule has 0 atom stereocenters. The first-order valence-electron chi connectivity index (χ1n) is 12.9. The van der Waals surface area contributed by atoms with Crippen LogP contribution in [0.25, 0.3) is 0 Å². The van der Waals surface area contributed by atoms with Crippen LogP contribution in [0.15, 0.2) is 36.5 Å². The summed E-state index contributed by atoms with van der Waals surface area (Å²) in [6, 6.07) is 7.32. The topological polar surface area (TPSA) is 179 Å². The molecule has 0 unspecified atom stereocenters. The Morgan fingerprint density at radius 1 is 1.07 bits per heavy atom.